The van der Waals surface area contributed by atoms with Gasteiger partial charge in [0.15, 0.2) is 0 Å². The summed E-state index contributed by atoms with van der Waals surface area (Å²) in [6.45, 7) is 4.36. The average Bonchev–Trinajstić information content (AvgIpc) is 2.72. The number of carbonyl (C=O) groups is 1. The number of hydrogen-bond acceptors (Lipinski definition) is 3. The third-order valence-electron chi connectivity index (χ3n) is 4.23. The van der Waals surface area contributed by atoms with E-state index in [9.17, 15) is 4.79 Å². The number of aryl methyl sites for hydroxylation is 1. The maximum Gasteiger partial charge on any atom is 0.271 e. The van der Waals surface area contributed by atoms with Gasteiger partial charge in [-0.05, 0) is 61.4 Å². The Kier molecular flexibility index (Phi) is 6.45. The molecule has 3 rings (SSSR count). The van der Waals surface area contributed by atoms with Gasteiger partial charge in [0.25, 0.3) is 5.91 Å². The minimum atomic E-state index is -0.279. The average molecular weight is 393 g/mol. The number of ether oxygens (including phenoxy) is 1. The van der Waals surface area contributed by atoms with Gasteiger partial charge in [0.1, 0.15) is 12.4 Å². The molecule has 0 saturated heterocycles. The third-order valence-corrected chi connectivity index (χ3v) is 4.48. The molecule has 0 spiro atoms. The van der Waals surface area contributed by atoms with Crippen molar-refractivity contribution >= 4 is 23.2 Å². The van der Waals surface area contributed by atoms with Crippen molar-refractivity contribution in [3.05, 3.63) is 100 Å². The zero-order valence-electron chi connectivity index (χ0n) is 15.8. The van der Waals surface area contributed by atoms with Gasteiger partial charge in [0.2, 0.25) is 0 Å². The van der Waals surface area contributed by atoms with E-state index in [1.807, 2.05) is 31.2 Å². The highest BCUT2D eigenvalue weighted by Gasteiger charge is 2.06. The second-order valence-corrected chi connectivity index (χ2v) is 6.88. The molecule has 0 aromatic heterocycles. The van der Waals surface area contributed by atoms with Crippen LogP contribution in [0.3, 0.4) is 0 Å². The van der Waals surface area contributed by atoms with E-state index in [1.165, 1.54) is 5.56 Å². The molecule has 0 unspecified atom stereocenters. The topological polar surface area (TPSA) is 50.7 Å². The van der Waals surface area contributed by atoms with Crippen LogP contribution in [0.1, 0.15) is 34.0 Å². The van der Waals surface area contributed by atoms with Gasteiger partial charge in [-0.3, -0.25) is 4.79 Å². The van der Waals surface area contributed by atoms with E-state index in [4.69, 9.17) is 16.3 Å². The molecule has 3 aromatic carbocycles. The Bertz CT molecular complexity index is 963. The summed E-state index contributed by atoms with van der Waals surface area (Å²) in [5.74, 6) is 0.427. The van der Waals surface area contributed by atoms with Crippen molar-refractivity contribution in [1.29, 1.82) is 0 Å². The van der Waals surface area contributed by atoms with E-state index < -0.39 is 0 Å². The second-order valence-electron chi connectivity index (χ2n) is 6.44. The van der Waals surface area contributed by atoms with Crippen molar-refractivity contribution in [2.75, 3.05) is 0 Å². The summed E-state index contributed by atoms with van der Waals surface area (Å²) in [7, 11) is 0. The third kappa shape index (κ3) is 5.44. The normalized spacial score (nSPS) is 11.2. The Labute approximate surface area is 169 Å². The van der Waals surface area contributed by atoms with Crippen molar-refractivity contribution in [3.8, 4) is 5.75 Å². The molecule has 0 saturated carbocycles. The number of amides is 1. The molecule has 0 bridgehead atoms. The van der Waals surface area contributed by atoms with Crippen molar-refractivity contribution in [1.82, 2.24) is 5.43 Å². The minimum Gasteiger partial charge on any atom is -0.489 e. The lowest BCUT2D eigenvalue weighted by atomic mass is 10.1. The molecule has 28 heavy (non-hydrogen) atoms. The molecule has 0 aliphatic heterocycles. The molecule has 0 atom stereocenters. The molecule has 4 nitrogen and oxygen atoms in total. The van der Waals surface area contributed by atoms with Crippen LogP contribution < -0.4 is 10.2 Å². The summed E-state index contributed by atoms with van der Waals surface area (Å²) in [6, 6.07) is 22.5. The van der Waals surface area contributed by atoms with Gasteiger partial charge in [-0.1, -0.05) is 53.6 Å². The minimum absolute atomic E-state index is 0.279. The van der Waals surface area contributed by atoms with Gasteiger partial charge in [-0.2, -0.15) is 5.10 Å². The molecule has 1 N–H and O–H groups in total. The van der Waals surface area contributed by atoms with Gasteiger partial charge in [0, 0.05) is 10.6 Å². The fraction of sp³-hybridized carbons (Fsp3) is 0.130. The molecule has 0 aliphatic carbocycles. The van der Waals surface area contributed by atoms with Crippen molar-refractivity contribution < 1.29 is 9.53 Å². The maximum atomic E-state index is 12.3. The number of halogens is 1. The fourth-order valence-corrected chi connectivity index (χ4v) is 2.63. The molecule has 0 aliphatic rings. The number of hydrazone groups is 1. The van der Waals surface area contributed by atoms with Crippen LogP contribution in [0.5, 0.6) is 5.75 Å². The Morgan fingerprint density at radius 1 is 0.929 bits per heavy atom. The van der Waals surface area contributed by atoms with Gasteiger partial charge >= 0.3 is 0 Å². The van der Waals surface area contributed by atoms with Crippen molar-refractivity contribution in [2.45, 2.75) is 20.5 Å². The standard InChI is InChI=1S/C23H21ClN2O2/c1-16-3-5-18(6-4-16)15-28-22-13-9-20(10-14-22)23(27)26-25-17(2)19-7-11-21(24)12-8-19/h3-14H,15H2,1-2H3,(H,26,27)/b25-17+. The summed E-state index contributed by atoms with van der Waals surface area (Å²) >= 11 is 5.88. The van der Waals surface area contributed by atoms with E-state index in [0.29, 0.717) is 28.7 Å². The highest BCUT2D eigenvalue weighted by molar-refractivity contribution is 6.30. The summed E-state index contributed by atoms with van der Waals surface area (Å²) < 4.78 is 5.76. The Morgan fingerprint density at radius 3 is 2.18 bits per heavy atom. The Hall–Kier alpha value is -3.11. The number of nitrogens with zero attached hydrogens (tertiary/aromatic N) is 1. The summed E-state index contributed by atoms with van der Waals surface area (Å²) in [5.41, 5.74) is 6.98. The fourth-order valence-electron chi connectivity index (χ4n) is 2.51. The van der Waals surface area contributed by atoms with Crippen LogP contribution in [0, 0.1) is 6.92 Å². The summed E-state index contributed by atoms with van der Waals surface area (Å²) in [5, 5.41) is 4.81. The maximum absolute atomic E-state index is 12.3. The van der Waals surface area contributed by atoms with Crippen LogP contribution in [-0.4, -0.2) is 11.6 Å². The quantitative estimate of drug-likeness (QED) is 0.452. The van der Waals surface area contributed by atoms with Gasteiger partial charge in [-0.25, -0.2) is 5.43 Å². The van der Waals surface area contributed by atoms with E-state index in [1.54, 1.807) is 36.4 Å². The predicted octanol–water partition coefficient (Wildman–Crippen LogP) is 5.38. The van der Waals surface area contributed by atoms with Crippen LogP contribution in [0.15, 0.2) is 77.9 Å². The smallest absolute Gasteiger partial charge is 0.271 e. The SMILES string of the molecule is C/C(=N\NC(=O)c1ccc(OCc2ccc(C)cc2)cc1)c1ccc(Cl)cc1. The van der Waals surface area contributed by atoms with E-state index in [-0.39, 0.29) is 5.91 Å². The molecular formula is C23H21ClN2O2. The summed E-state index contributed by atoms with van der Waals surface area (Å²) in [6.07, 6.45) is 0. The van der Waals surface area contributed by atoms with Gasteiger partial charge in [-0.15, -0.1) is 0 Å². The molecule has 1 amide bonds. The highest BCUT2D eigenvalue weighted by atomic mass is 35.5. The lowest BCUT2D eigenvalue weighted by Gasteiger charge is -2.08. The largest absolute Gasteiger partial charge is 0.489 e. The monoisotopic (exact) mass is 392 g/mol. The first-order valence-corrected chi connectivity index (χ1v) is 9.28. The van der Waals surface area contributed by atoms with Crippen LogP contribution in [0.2, 0.25) is 5.02 Å². The number of hydrogen-bond donors (Lipinski definition) is 1. The number of benzene rings is 3. The van der Waals surface area contributed by atoms with Gasteiger partial charge < -0.3 is 4.74 Å². The first-order valence-electron chi connectivity index (χ1n) is 8.90. The van der Waals surface area contributed by atoms with E-state index >= 15 is 0 Å². The number of rotatable bonds is 6. The van der Waals surface area contributed by atoms with Crippen LogP contribution in [-0.2, 0) is 6.61 Å². The zero-order chi connectivity index (χ0) is 19.9. The molecule has 142 valence electrons. The van der Waals surface area contributed by atoms with Crippen molar-refractivity contribution in [2.24, 2.45) is 5.10 Å². The number of carbonyl (C=O) groups excluding carboxylic acids is 1. The zero-order valence-corrected chi connectivity index (χ0v) is 16.5. The molecule has 5 heteroatoms. The Balaban J connectivity index is 1.56. The number of nitrogens with one attached hydrogen (secondary N) is 1. The molecule has 0 fully saturated rings. The molecule has 0 radical (unpaired) electrons. The van der Waals surface area contributed by atoms with Crippen LogP contribution in [0.4, 0.5) is 0 Å². The van der Waals surface area contributed by atoms with Crippen molar-refractivity contribution in [3.63, 3.8) is 0 Å². The summed E-state index contributed by atoms with van der Waals surface area (Å²) in [4.78, 5) is 12.3. The predicted molar refractivity (Wildman–Crippen MR) is 113 cm³/mol. The van der Waals surface area contributed by atoms with E-state index in [0.717, 1.165) is 11.1 Å². The first kappa shape index (κ1) is 19.6. The molecule has 0 heterocycles. The van der Waals surface area contributed by atoms with E-state index in [2.05, 4.69) is 29.6 Å². The molecular weight excluding hydrogens is 372 g/mol. The lowest BCUT2D eigenvalue weighted by molar-refractivity contribution is 0.0955. The van der Waals surface area contributed by atoms with Crippen LogP contribution in [0.25, 0.3) is 0 Å². The first-order chi connectivity index (χ1) is 13.5. The lowest BCUT2D eigenvalue weighted by Crippen LogP contribution is -2.19. The molecule has 3 aromatic rings. The van der Waals surface area contributed by atoms with Crippen LogP contribution >= 0.6 is 11.6 Å². The highest BCUT2D eigenvalue weighted by Crippen LogP contribution is 2.15. The second kappa shape index (κ2) is 9.20. The Morgan fingerprint density at radius 2 is 1.54 bits per heavy atom. The van der Waals surface area contributed by atoms with Gasteiger partial charge in [0.05, 0.1) is 5.71 Å².